The lowest BCUT2D eigenvalue weighted by atomic mass is 9.64. The predicted octanol–water partition coefficient (Wildman–Crippen LogP) is 2.31. The molecule has 2 aliphatic rings. The lowest BCUT2D eigenvalue weighted by molar-refractivity contribution is -0.146. The van der Waals surface area contributed by atoms with Gasteiger partial charge in [0.2, 0.25) is 5.91 Å². The van der Waals surface area contributed by atoms with Crippen LogP contribution in [0.15, 0.2) is 18.5 Å². The molecule has 23 heavy (non-hydrogen) atoms. The van der Waals surface area contributed by atoms with Crippen LogP contribution in [0.1, 0.15) is 46.5 Å². The second-order valence-corrected chi connectivity index (χ2v) is 8.19. The molecule has 0 saturated heterocycles. The van der Waals surface area contributed by atoms with Gasteiger partial charge in [-0.2, -0.15) is 5.10 Å². The van der Waals surface area contributed by atoms with Gasteiger partial charge in [-0.25, -0.2) is 0 Å². The smallest absolute Gasteiger partial charge is 0.229 e. The van der Waals surface area contributed by atoms with Crippen molar-refractivity contribution in [3.05, 3.63) is 18.5 Å². The molecule has 128 valence electrons. The van der Waals surface area contributed by atoms with Crippen LogP contribution in [0.3, 0.4) is 0 Å². The molecule has 1 aromatic rings. The Hall–Kier alpha value is -1.36. The maximum absolute atomic E-state index is 13.2. The molecule has 2 bridgehead atoms. The number of aryl methyl sites for hydroxylation is 1. The van der Waals surface area contributed by atoms with Crippen molar-refractivity contribution in [1.29, 1.82) is 0 Å². The zero-order chi connectivity index (χ0) is 16.9. The van der Waals surface area contributed by atoms with Gasteiger partial charge >= 0.3 is 0 Å². The molecule has 1 heterocycles. The van der Waals surface area contributed by atoms with Gasteiger partial charge in [0, 0.05) is 32.5 Å². The van der Waals surface area contributed by atoms with Crippen LogP contribution in [-0.4, -0.2) is 45.4 Å². The first-order valence-corrected chi connectivity index (χ1v) is 8.66. The molecule has 3 atom stereocenters. The van der Waals surface area contributed by atoms with Gasteiger partial charge in [0.1, 0.15) is 0 Å². The highest BCUT2D eigenvalue weighted by Crippen LogP contribution is 2.72. The van der Waals surface area contributed by atoms with Gasteiger partial charge in [-0.1, -0.05) is 20.8 Å². The Labute approximate surface area is 138 Å². The van der Waals surface area contributed by atoms with E-state index < -0.39 is 5.41 Å². The number of amides is 1. The second-order valence-electron chi connectivity index (χ2n) is 8.19. The highest BCUT2D eigenvalue weighted by molar-refractivity contribution is 5.85. The number of nitrogens with zero attached hydrogens (tertiary/aromatic N) is 3. The Morgan fingerprint density at radius 1 is 1.39 bits per heavy atom. The summed E-state index contributed by atoms with van der Waals surface area (Å²) in [5, 5.41) is 14.7. The van der Waals surface area contributed by atoms with Crippen LogP contribution in [0.4, 0.5) is 0 Å². The second kappa shape index (κ2) is 5.33. The first-order valence-electron chi connectivity index (χ1n) is 8.66. The Balaban J connectivity index is 1.67. The van der Waals surface area contributed by atoms with E-state index >= 15 is 0 Å². The van der Waals surface area contributed by atoms with E-state index in [0.717, 1.165) is 32.4 Å². The van der Waals surface area contributed by atoms with Crippen molar-refractivity contribution in [3.63, 3.8) is 0 Å². The van der Waals surface area contributed by atoms with Crippen molar-refractivity contribution in [1.82, 2.24) is 14.7 Å². The van der Waals surface area contributed by atoms with Gasteiger partial charge in [0.15, 0.2) is 0 Å². The minimum atomic E-state index is -0.401. The normalized spacial score (nSPS) is 34.7. The molecule has 2 saturated carbocycles. The molecule has 2 fully saturated rings. The average Bonchev–Trinajstić information content (AvgIpc) is 3.11. The quantitative estimate of drug-likeness (QED) is 0.906. The van der Waals surface area contributed by atoms with Gasteiger partial charge in [-0.15, -0.1) is 0 Å². The Morgan fingerprint density at radius 2 is 2.13 bits per heavy atom. The number of aromatic nitrogens is 2. The molecule has 0 spiro atoms. The average molecular weight is 319 g/mol. The lowest BCUT2D eigenvalue weighted by Gasteiger charge is -2.41. The fraction of sp³-hybridized carbons (Fsp3) is 0.778. The fourth-order valence-corrected chi connectivity index (χ4v) is 4.97. The van der Waals surface area contributed by atoms with Crippen molar-refractivity contribution >= 4 is 5.91 Å². The molecule has 5 nitrogen and oxygen atoms in total. The molecule has 0 aliphatic heterocycles. The van der Waals surface area contributed by atoms with Crippen LogP contribution < -0.4 is 0 Å². The van der Waals surface area contributed by atoms with E-state index in [1.807, 2.05) is 28.9 Å². The molecule has 1 amide bonds. The molecule has 5 heteroatoms. The van der Waals surface area contributed by atoms with E-state index in [9.17, 15) is 9.90 Å². The number of fused-ring (bicyclic) bond motifs is 2. The summed E-state index contributed by atoms with van der Waals surface area (Å²) in [4.78, 5) is 15.1. The zero-order valence-electron chi connectivity index (χ0n) is 14.7. The van der Waals surface area contributed by atoms with E-state index in [2.05, 4.69) is 25.9 Å². The highest BCUT2D eigenvalue weighted by atomic mass is 16.3. The number of rotatable bonds is 5. The molecule has 3 rings (SSSR count). The lowest BCUT2D eigenvalue weighted by Crippen LogP contribution is -2.47. The Bertz CT molecular complexity index is 583. The molecular formula is C18H29N3O2. The molecule has 1 N–H and O–H groups in total. The van der Waals surface area contributed by atoms with Crippen LogP contribution in [0.5, 0.6) is 0 Å². The molecule has 1 aromatic heterocycles. The summed E-state index contributed by atoms with van der Waals surface area (Å²) < 4.78 is 1.90. The summed E-state index contributed by atoms with van der Waals surface area (Å²) in [5.74, 6) is 0.211. The summed E-state index contributed by atoms with van der Waals surface area (Å²) in [6.07, 6.45) is 6.69. The van der Waals surface area contributed by atoms with Crippen LogP contribution in [0.25, 0.3) is 0 Å². The van der Waals surface area contributed by atoms with Crippen molar-refractivity contribution in [2.24, 2.45) is 16.2 Å². The molecule has 0 unspecified atom stereocenters. The molecular weight excluding hydrogens is 290 g/mol. The van der Waals surface area contributed by atoms with E-state index in [-0.39, 0.29) is 22.8 Å². The molecule has 0 radical (unpaired) electrons. The first-order chi connectivity index (χ1) is 10.7. The largest absolute Gasteiger partial charge is 0.393 e. The number of aliphatic hydroxyl groups is 1. The third-order valence-corrected chi connectivity index (χ3v) is 7.17. The fourth-order valence-electron chi connectivity index (χ4n) is 4.97. The van der Waals surface area contributed by atoms with Gasteiger partial charge < -0.3 is 10.0 Å². The topological polar surface area (TPSA) is 58.4 Å². The van der Waals surface area contributed by atoms with Crippen molar-refractivity contribution in [3.8, 4) is 0 Å². The number of hydrogen-bond donors (Lipinski definition) is 1. The minimum absolute atomic E-state index is 0.140. The van der Waals surface area contributed by atoms with Crippen molar-refractivity contribution in [2.45, 2.75) is 59.1 Å². The van der Waals surface area contributed by atoms with Crippen LogP contribution >= 0.6 is 0 Å². The maximum atomic E-state index is 13.2. The summed E-state index contributed by atoms with van der Waals surface area (Å²) in [6, 6.07) is 1.91. The number of aliphatic hydroxyl groups excluding tert-OH is 1. The SMILES string of the molecule is CN(CCCn1cccn1)C(=O)[C@]12CC[C@](C)([C@@H](O)C1)C2(C)C. The van der Waals surface area contributed by atoms with Gasteiger partial charge in [-0.3, -0.25) is 9.48 Å². The standard InChI is InChI=1S/C18H29N3O2/c1-16(2)17(3)7-8-18(16,13-14(17)22)15(23)20(4)10-6-12-21-11-5-9-19-21/h5,9,11,14,22H,6-8,10,12-13H2,1-4H3/t14-,17+,18-/m0/s1. The van der Waals surface area contributed by atoms with Gasteiger partial charge in [0.25, 0.3) is 0 Å². The third kappa shape index (κ3) is 2.16. The highest BCUT2D eigenvalue weighted by Gasteiger charge is 2.72. The van der Waals surface area contributed by atoms with E-state index in [1.54, 1.807) is 6.20 Å². The zero-order valence-corrected chi connectivity index (χ0v) is 14.7. The number of carbonyl (C=O) groups is 1. The predicted molar refractivity (Wildman–Crippen MR) is 88.7 cm³/mol. The Kier molecular flexibility index (Phi) is 3.82. The Morgan fingerprint density at radius 3 is 2.65 bits per heavy atom. The van der Waals surface area contributed by atoms with Crippen molar-refractivity contribution in [2.75, 3.05) is 13.6 Å². The summed E-state index contributed by atoms with van der Waals surface area (Å²) in [5.41, 5.74) is -0.701. The van der Waals surface area contributed by atoms with E-state index in [0.29, 0.717) is 6.42 Å². The van der Waals surface area contributed by atoms with Crippen LogP contribution in [0.2, 0.25) is 0 Å². The summed E-state index contributed by atoms with van der Waals surface area (Å²) in [6.45, 7) is 8.04. The number of hydrogen-bond acceptors (Lipinski definition) is 3. The molecule has 0 aromatic carbocycles. The van der Waals surface area contributed by atoms with Gasteiger partial charge in [-0.05, 0) is 42.6 Å². The number of carbonyl (C=O) groups excluding carboxylic acids is 1. The van der Waals surface area contributed by atoms with E-state index in [4.69, 9.17) is 0 Å². The summed E-state index contributed by atoms with van der Waals surface area (Å²) in [7, 11) is 1.90. The van der Waals surface area contributed by atoms with Crippen molar-refractivity contribution < 1.29 is 9.90 Å². The monoisotopic (exact) mass is 319 g/mol. The first kappa shape index (κ1) is 16.5. The summed E-state index contributed by atoms with van der Waals surface area (Å²) >= 11 is 0. The molecule has 2 aliphatic carbocycles. The van der Waals surface area contributed by atoms with Gasteiger partial charge in [0.05, 0.1) is 11.5 Å². The van der Waals surface area contributed by atoms with Crippen LogP contribution in [-0.2, 0) is 11.3 Å². The maximum Gasteiger partial charge on any atom is 0.229 e. The van der Waals surface area contributed by atoms with E-state index in [1.165, 1.54) is 0 Å². The van der Waals surface area contributed by atoms with Crippen LogP contribution in [0, 0.1) is 16.2 Å². The minimum Gasteiger partial charge on any atom is -0.393 e. The third-order valence-electron chi connectivity index (χ3n) is 7.17.